The third-order valence-corrected chi connectivity index (χ3v) is 5.69. The second-order valence-electron chi connectivity index (χ2n) is 4.84. The van der Waals surface area contributed by atoms with Gasteiger partial charge in [0.2, 0.25) is 9.84 Å². The van der Waals surface area contributed by atoms with E-state index in [0.717, 1.165) is 19.3 Å². The Labute approximate surface area is 115 Å². The Balaban J connectivity index is 2.45. The van der Waals surface area contributed by atoms with Gasteiger partial charge in [-0.25, -0.2) is 8.42 Å². The van der Waals surface area contributed by atoms with Crippen molar-refractivity contribution in [1.82, 2.24) is 0 Å². The lowest BCUT2D eigenvalue weighted by molar-refractivity contribution is 0.121. The topological polar surface area (TPSA) is 43.4 Å². The van der Waals surface area contributed by atoms with E-state index in [-0.39, 0.29) is 12.0 Å². The van der Waals surface area contributed by atoms with Crippen LogP contribution in [0.1, 0.15) is 26.2 Å². The van der Waals surface area contributed by atoms with Gasteiger partial charge in [0.25, 0.3) is 0 Å². The van der Waals surface area contributed by atoms with Crippen molar-refractivity contribution in [1.29, 1.82) is 0 Å². The lowest BCUT2D eigenvalue weighted by Gasteiger charge is -2.27. The number of sulfone groups is 1. The summed E-state index contributed by atoms with van der Waals surface area (Å²) < 4.78 is 30.7. The van der Waals surface area contributed by atoms with Crippen LogP contribution in [-0.2, 0) is 14.6 Å². The van der Waals surface area contributed by atoms with Crippen LogP contribution in [0, 0.1) is 5.92 Å². The summed E-state index contributed by atoms with van der Waals surface area (Å²) in [7, 11) is -1.76. The highest BCUT2D eigenvalue weighted by molar-refractivity contribution is 7.95. The predicted octanol–water partition coefficient (Wildman–Crippen LogP) is 3.18. The minimum absolute atomic E-state index is 0.0868. The van der Waals surface area contributed by atoms with E-state index in [9.17, 15) is 8.42 Å². The van der Waals surface area contributed by atoms with Crippen LogP contribution in [0.2, 0.25) is 0 Å². The molecule has 0 bridgehead atoms. The molecule has 104 valence electrons. The Morgan fingerprint density at radius 3 is 2.47 bits per heavy atom. The minimum atomic E-state index is -3.39. The first-order chi connectivity index (χ1) is 9.09. The van der Waals surface area contributed by atoms with E-state index in [0.29, 0.717) is 9.80 Å². The number of methoxy groups -OCH3 is 1. The minimum Gasteiger partial charge on any atom is -0.377 e. The summed E-state index contributed by atoms with van der Waals surface area (Å²) in [5.41, 5.74) is 0. The molecule has 19 heavy (non-hydrogen) atoms. The Kier molecular flexibility index (Phi) is 4.42. The zero-order valence-corrected chi connectivity index (χ0v) is 12.2. The summed E-state index contributed by atoms with van der Waals surface area (Å²) >= 11 is 0. The molecule has 2 atom stereocenters. The molecule has 0 unspecified atom stereocenters. The molecule has 3 nitrogen and oxygen atoms in total. The van der Waals surface area contributed by atoms with Gasteiger partial charge in [0.1, 0.15) is 0 Å². The molecule has 4 heteroatoms. The fourth-order valence-corrected chi connectivity index (χ4v) is 4.39. The maximum atomic E-state index is 12.7. The zero-order chi connectivity index (χ0) is 13.9. The van der Waals surface area contributed by atoms with Gasteiger partial charge >= 0.3 is 0 Å². The van der Waals surface area contributed by atoms with Gasteiger partial charge in [-0.3, -0.25) is 0 Å². The molecule has 1 aliphatic carbocycles. The van der Waals surface area contributed by atoms with Gasteiger partial charge in [-0.1, -0.05) is 25.1 Å². The van der Waals surface area contributed by atoms with Gasteiger partial charge < -0.3 is 4.74 Å². The Bertz CT molecular complexity index is 546. The van der Waals surface area contributed by atoms with Crippen LogP contribution in [0.5, 0.6) is 0 Å². The molecule has 0 fully saturated rings. The van der Waals surface area contributed by atoms with Gasteiger partial charge in [0, 0.05) is 7.11 Å². The van der Waals surface area contributed by atoms with Crippen LogP contribution >= 0.6 is 0 Å². The van der Waals surface area contributed by atoms with E-state index < -0.39 is 9.84 Å². The number of allylic oxidation sites excluding steroid dienone is 1. The van der Waals surface area contributed by atoms with Gasteiger partial charge in [0.05, 0.1) is 15.9 Å². The van der Waals surface area contributed by atoms with E-state index in [1.54, 1.807) is 37.5 Å². The highest BCUT2D eigenvalue weighted by atomic mass is 32.2. The van der Waals surface area contributed by atoms with E-state index in [1.807, 2.05) is 13.0 Å². The molecule has 0 radical (unpaired) electrons. The highest BCUT2D eigenvalue weighted by Crippen LogP contribution is 2.35. The number of rotatable bonds is 4. The fourth-order valence-electron chi connectivity index (χ4n) is 2.55. The maximum absolute atomic E-state index is 12.7. The zero-order valence-electron chi connectivity index (χ0n) is 11.4. The Hall–Kier alpha value is -1.13. The van der Waals surface area contributed by atoms with Crippen molar-refractivity contribution >= 4 is 9.84 Å². The average Bonchev–Trinajstić information content (AvgIpc) is 2.47. The van der Waals surface area contributed by atoms with Crippen LogP contribution < -0.4 is 0 Å². The summed E-state index contributed by atoms with van der Waals surface area (Å²) in [6.45, 7) is 2.03. The van der Waals surface area contributed by atoms with Gasteiger partial charge in [0.15, 0.2) is 0 Å². The van der Waals surface area contributed by atoms with Gasteiger partial charge in [-0.05, 0) is 43.4 Å². The van der Waals surface area contributed by atoms with Crippen LogP contribution in [0.25, 0.3) is 0 Å². The van der Waals surface area contributed by atoms with Crippen molar-refractivity contribution in [2.24, 2.45) is 5.92 Å². The summed E-state index contributed by atoms with van der Waals surface area (Å²) in [6.07, 6.45) is 4.31. The van der Waals surface area contributed by atoms with E-state index in [4.69, 9.17) is 4.74 Å². The third-order valence-electron chi connectivity index (χ3n) is 3.71. The molecule has 2 rings (SSSR count). The smallest absolute Gasteiger partial charge is 0.202 e. The van der Waals surface area contributed by atoms with Crippen LogP contribution in [0.4, 0.5) is 0 Å². The normalized spacial score (nSPS) is 24.0. The SMILES string of the molecule is CC[C@H]1CC[C@H](OC)C=C1S(=O)(=O)c1ccccc1. The summed E-state index contributed by atoms with van der Waals surface area (Å²) in [6, 6.07) is 8.64. The molecule has 1 aliphatic rings. The van der Waals surface area contributed by atoms with Crippen molar-refractivity contribution in [3.05, 3.63) is 41.3 Å². The highest BCUT2D eigenvalue weighted by Gasteiger charge is 2.31. The summed E-state index contributed by atoms with van der Waals surface area (Å²) in [5.74, 6) is 0.108. The quantitative estimate of drug-likeness (QED) is 0.850. The first kappa shape index (κ1) is 14.3. The summed E-state index contributed by atoms with van der Waals surface area (Å²) in [5, 5.41) is 0. The van der Waals surface area contributed by atoms with Gasteiger partial charge in [-0.15, -0.1) is 0 Å². The lowest BCUT2D eigenvalue weighted by Crippen LogP contribution is -2.23. The molecule has 0 spiro atoms. The molecule has 0 saturated heterocycles. The number of ether oxygens (including phenoxy) is 1. The number of hydrogen-bond donors (Lipinski definition) is 0. The van der Waals surface area contributed by atoms with Crippen molar-refractivity contribution in [2.75, 3.05) is 7.11 Å². The third kappa shape index (κ3) is 2.90. The molecular formula is C15H20O3S. The van der Waals surface area contributed by atoms with Crippen LogP contribution in [0.15, 0.2) is 46.2 Å². The second kappa shape index (κ2) is 5.88. The molecule has 0 aromatic heterocycles. The van der Waals surface area contributed by atoms with Crippen molar-refractivity contribution in [2.45, 2.75) is 37.2 Å². The Morgan fingerprint density at radius 2 is 1.89 bits per heavy atom. The molecule has 0 N–H and O–H groups in total. The van der Waals surface area contributed by atoms with Gasteiger partial charge in [-0.2, -0.15) is 0 Å². The molecule has 0 amide bonds. The van der Waals surface area contributed by atoms with E-state index in [2.05, 4.69) is 0 Å². The van der Waals surface area contributed by atoms with Crippen LogP contribution in [-0.4, -0.2) is 21.6 Å². The monoisotopic (exact) mass is 280 g/mol. The molecular weight excluding hydrogens is 260 g/mol. The first-order valence-corrected chi connectivity index (χ1v) is 8.12. The largest absolute Gasteiger partial charge is 0.377 e. The van der Waals surface area contributed by atoms with E-state index >= 15 is 0 Å². The lowest BCUT2D eigenvalue weighted by atomic mass is 9.92. The Morgan fingerprint density at radius 1 is 1.21 bits per heavy atom. The predicted molar refractivity (Wildman–Crippen MR) is 75.5 cm³/mol. The van der Waals surface area contributed by atoms with Crippen LogP contribution in [0.3, 0.4) is 0 Å². The van der Waals surface area contributed by atoms with Crippen molar-refractivity contribution in [3.8, 4) is 0 Å². The molecule has 1 aromatic carbocycles. The number of benzene rings is 1. The molecule has 0 heterocycles. The fraction of sp³-hybridized carbons (Fsp3) is 0.467. The summed E-state index contributed by atoms with van der Waals surface area (Å²) in [4.78, 5) is 0.899. The van der Waals surface area contributed by atoms with Crippen molar-refractivity contribution in [3.63, 3.8) is 0 Å². The van der Waals surface area contributed by atoms with Crippen molar-refractivity contribution < 1.29 is 13.2 Å². The second-order valence-corrected chi connectivity index (χ2v) is 6.79. The first-order valence-electron chi connectivity index (χ1n) is 6.64. The molecule has 1 aromatic rings. The number of hydrogen-bond acceptors (Lipinski definition) is 3. The maximum Gasteiger partial charge on any atom is 0.202 e. The molecule has 0 saturated carbocycles. The average molecular weight is 280 g/mol. The standard InChI is InChI=1S/C15H20O3S/c1-3-12-9-10-13(18-2)11-15(12)19(16,17)14-7-5-4-6-8-14/h4-8,11-13H,3,9-10H2,1-2H3/t12-,13-/m0/s1. The van der Waals surface area contributed by atoms with E-state index in [1.165, 1.54) is 0 Å². The molecule has 0 aliphatic heterocycles.